The van der Waals surface area contributed by atoms with Gasteiger partial charge in [-0.2, -0.15) is 0 Å². The second kappa shape index (κ2) is 5.80. The number of rotatable bonds is 2. The van der Waals surface area contributed by atoms with Crippen LogP contribution in [0, 0.1) is 17.7 Å². The third kappa shape index (κ3) is 3.09. The van der Waals surface area contributed by atoms with Crippen LogP contribution in [-0.4, -0.2) is 19.0 Å². The topological polar surface area (TPSA) is 41.1 Å². The molecule has 5 heteroatoms. The smallest absolute Gasteiger partial charge is 0.227 e. The number of carbonyl (C=O) groups is 1. The van der Waals surface area contributed by atoms with Gasteiger partial charge in [0.05, 0.1) is 4.47 Å². The van der Waals surface area contributed by atoms with Gasteiger partial charge in [-0.25, -0.2) is 4.39 Å². The number of halogens is 2. The van der Waals surface area contributed by atoms with Crippen molar-refractivity contribution < 1.29 is 9.18 Å². The Bertz CT molecular complexity index is 453. The Morgan fingerprint density at radius 3 is 3.00 bits per heavy atom. The molecule has 2 N–H and O–H groups in total. The fourth-order valence-corrected chi connectivity index (χ4v) is 2.59. The molecular weight excluding hydrogens is 299 g/mol. The molecule has 1 amide bonds. The van der Waals surface area contributed by atoms with E-state index in [9.17, 15) is 9.18 Å². The number of nitrogens with one attached hydrogen (secondary N) is 2. The highest BCUT2D eigenvalue weighted by Crippen LogP contribution is 2.23. The van der Waals surface area contributed by atoms with Crippen molar-refractivity contribution in [3.05, 3.63) is 28.5 Å². The van der Waals surface area contributed by atoms with Gasteiger partial charge in [-0.15, -0.1) is 0 Å². The first-order chi connectivity index (χ1) is 8.58. The molecule has 0 saturated carbocycles. The summed E-state index contributed by atoms with van der Waals surface area (Å²) in [5, 5.41) is 6.11. The van der Waals surface area contributed by atoms with Crippen LogP contribution >= 0.6 is 15.9 Å². The molecule has 1 saturated heterocycles. The lowest BCUT2D eigenvalue weighted by Crippen LogP contribution is -2.40. The molecule has 3 nitrogen and oxygen atoms in total. The average Bonchev–Trinajstić information content (AvgIpc) is 2.34. The zero-order valence-corrected chi connectivity index (χ0v) is 11.8. The van der Waals surface area contributed by atoms with Crippen molar-refractivity contribution in [3.8, 4) is 0 Å². The van der Waals surface area contributed by atoms with Gasteiger partial charge in [0, 0.05) is 11.6 Å². The Morgan fingerprint density at radius 1 is 1.56 bits per heavy atom. The summed E-state index contributed by atoms with van der Waals surface area (Å²) in [4.78, 5) is 12.1. The standard InChI is InChI=1S/C13H16BrFN2O/c1-8-7-16-5-4-10(8)13(18)17-9-2-3-12(15)11(14)6-9/h2-3,6,8,10,16H,4-5,7H2,1H3,(H,17,18). The predicted molar refractivity (Wildman–Crippen MR) is 72.9 cm³/mol. The lowest BCUT2D eigenvalue weighted by Gasteiger charge is -2.28. The molecule has 0 aromatic heterocycles. The molecule has 2 unspecified atom stereocenters. The van der Waals surface area contributed by atoms with E-state index >= 15 is 0 Å². The van der Waals surface area contributed by atoms with E-state index in [1.54, 1.807) is 12.1 Å². The van der Waals surface area contributed by atoms with Gasteiger partial charge in [0.15, 0.2) is 0 Å². The Kier molecular flexibility index (Phi) is 4.35. The van der Waals surface area contributed by atoms with Gasteiger partial charge < -0.3 is 10.6 Å². The molecule has 2 rings (SSSR count). The molecular formula is C13H16BrFN2O. The number of anilines is 1. The summed E-state index contributed by atoms with van der Waals surface area (Å²) in [7, 11) is 0. The second-order valence-corrected chi connectivity index (χ2v) is 5.55. The van der Waals surface area contributed by atoms with Crippen molar-refractivity contribution >= 4 is 27.5 Å². The fourth-order valence-electron chi connectivity index (χ4n) is 2.21. The summed E-state index contributed by atoms with van der Waals surface area (Å²) in [5.41, 5.74) is 0.624. The molecule has 1 fully saturated rings. The Morgan fingerprint density at radius 2 is 2.33 bits per heavy atom. The highest BCUT2D eigenvalue weighted by atomic mass is 79.9. The van der Waals surface area contributed by atoms with Crippen molar-refractivity contribution in [1.29, 1.82) is 0 Å². The summed E-state index contributed by atoms with van der Waals surface area (Å²) in [6.07, 6.45) is 0.843. The van der Waals surface area contributed by atoms with E-state index in [4.69, 9.17) is 0 Å². The molecule has 1 aromatic carbocycles. The minimum Gasteiger partial charge on any atom is -0.326 e. The number of hydrogen-bond donors (Lipinski definition) is 2. The van der Waals surface area contributed by atoms with Crippen LogP contribution in [0.4, 0.5) is 10.1 Å². The first-order valence-electron chi connectivity index (χ1n) is 6.04. The van der Waals surface area contributed by atoms with Crippen LogP contribution < -0.4 is 10.6 Å². The number of piperidine rings is 1. The molecule has 1 aromatic rings. The minimum atomic E-state index is -0.330. The third-order valence-corrected chi connectivity index (χ3v) is 3.92. The van der Waals surface area contributed by atoms with Gasteiger partial charge in [-0.1, -0.05) is 6.92 Å². The van der Waals surface area contributed by atoms with E-state index in [1.807, 2.05) is 0 Å². The van der Waals surface area contributed by atoms with Crippen molar-refractivity contribution in [3.63, 3.8) is 0 Å². The largest absolute Gasteiger partial charge is 0.326 e. The van der Waals surface area contributed by atoms with E-state index in [0.29, 0.717) is 16.1 Å². The van der Waals surface area contributed by atoms with Gasteiger partial charge in [-0.3, -0.25) is 4.79 Å². The zero-order chi connectivity index (χ0) is 13.1. The maximum absolute atomic E-state index is 13.1. The molecule has 98 valence electrons. The third-order valence-electron chi connectivity index (χ3n) is 3.31. The second-order valence-electron chi connectivity index (χ2n) is 4.69. The summed E-state index contributed by atoms with van der Waals surface area (Å²) < 4.78 is 13.4. The number of amides is 1. The normalized spacial score (nSPS) is 23.7. The average molecular weight is 315 g/mol. The zero-order valence-electron chi connectivity index (χ0n) is 10.2. The molecule has 2 atom stereocenters. The summed E-state index contributed by atoms with van der Waals surface area (Å²) in [6, 6.07) is 4.49. The minimum absolute atomic E-state index is 0.0162. The van der Waals surface area contributed by atoms with E-state index < -0.39 is 0 Å². The summed E-state index contributed by atoms with van der Waals surface area (Å²) >= 11 is 3.11. The molecule has 1 heterocycles. The number of carbonyl (C=O) groups excluding carboxylic acids is 1. The van der Waals surface area contributed by atoms with E-state index in [1.165, 1.54) is 6.07 Å². The van der Waals surface area contributed by atoms with Gasteiger partial charge >= 0.3 is 0 Å². The highest BCUT2D eigenvalue weighted by molar-refractivity contribution is 9.10. The summed E-state index contributed by atoms with van der Waals surface area (Å²) in [5.74, 6) is 0.0310. The van der Waals surface area contributed by atoms with Crippen LogP contribution in [0.1, 0.15) is 13.3 Å². The van der Waals surface area contributed by atoms with Crippen LogP contribution in [-0.2, 0) is 4.79 Å². The monoisotopic (exact) mass is 314 g/mol. The van der Waals surface area contributed by atoms with Crippen LogP contribution in [0.25, 0.3) is 0 Å². The maximum Gasteiger partial charge on any atom is 0.227 e. The molecule has 0 radical (unpaired) electrons. The Hall–Kier alpha value is -0.940. The van der Waals surface area contributed by atoms with Crippen LogP contribution in [0.3, 0.4) is 0 Å². The van der Waals surface area contributed by atoms with Gasteiger partial charge in [0.1, 0.15) is 5.82 Å². The van der Waals surface area contributed by atoms with Crippen molar-refractivity contribution in [2.24, 2.45) is 11.8 Å². The summed E-state index contributed by atoms with van der Waals surface area (Å²) in [6.45, 7) is 3.80. The van der Waals surface area contributed by atoms with Crippen LogP contribution in [0.15, 0.2) is 22.7 Å². The Balaban J connectivity index is 2.04. The van der Waals surface area contributed by atoms with Gasteiger partial charge in [-0.05, 0) is 59.6 Å². The van der Waals surface area contributed by atoms with Crippen LogP contribution in [0.5, 0.6) is 0 Å². The van der Waals surface area contributed by atoms with Crippen molar-refractivity contribution in [2.75, 3.05) is 18.4 Å². The fraction of sp³-hybridized carbons (Fsp3) is 0.462. The van der Waals surface area contributed by atoms with Crippen molar-refractivity contribution in [2.45, 2.75) is 13.3 Å². The van der Waals surface area contributed by atoms with Gasteiger partial charge in [0.2, 0.25) is 5.91 Å². The number of hydrogen-bond acceptors (Lipinski definition) is 2. The molecule has 0 aliphatic carbocycles. The maximum atomic E-state index is 13.1. The van der Waals surface area contributed by atoms with E-state index in [-0.39, 0.29) is 17.6 Å². The first kappa shape index (κ1) is 13.5. The highest BCUT2D eigenvalue weighted by Gasteiger charge is 2.27. The lowest BCUT2D eigenvalue weighted by atomic mass is 9.87. The Labute approximate surface area is 114 Å². The quantitative estimate of drug-likeness (QED) is 0.881. The van der Waals surface area contributed by atoms with E-state index in [2.05, 4.69) is 33.5 Å². The van der Waals surface area contributed by atoms with E-state index in [0.717, 1.165) is 19.5 Å². The van der Waals surface area contributed by atoms with Crippen LogP contribution in [0.2, 0.25) is 0 Å². The van der Waals surface area contributed by atoms with Crippen molar-refractivity contribution in [1.82, 2.24) is 5.32 Å². The number of benzene rings is 1. The molecule has 18 heavy (non-hydrogen) atoms. The molecule has 1 aliphatic heterocycles. The molecule has 0 bridgehead atoms. The molecule has 0 spiro atoms. The molecule has 1 aliphatic rings. The SMILES string of the molecule is CC1CNCCC1C(=O)Nc1ccc(F)c(Br)c1. The van der Waals surface area contributed by atoms with Gasteiger partial charge in [0.25, 0.3) is 0 Å². The lowest BCUT2D eigenvalue weighted by molar-refractivity contribution is -0.122. The first-order valence-corrected chi connectivity index (χ1v) is 6.84. The predicted octanol–water partition coefficient (Wildman–Crippen LogP) is 2.77.